The number of phenols is 2. The lowest BCUT2D eigenvalue weighted by atomic mass is 9.77. The number of nitrogens with two attached hydrogens (primary N) is 1. The number of nitro benzene ring substituents is 1. The first-order chi connectivity index (χ1) is 8.91. The average molecular weight is 268 g/mol. The maximum absolute atomic E-state index is 10.8. The second-order valence-electron chi connectivity index (χ2n) is 4.87. The van der Waals surface area contributed by atoms with Gasteiger partial charge in [-0.2, -0.15) is 0 Å². The molecule has 19 heavy (non-hydrogen) atoms. The van der Waals surface area contributed by atoms with Crippen LogP contribution in [0.5, 0.6) is 11.5 Å². The molecule has 7 heteroatoms. The quantitative estimate of drug-likeness (QED) is 0.368. The van der Waals surface area contributed by atoms with E-state index >= 15 is 0 Å². The van der Waals surface area contributed by atoms with Crippen LogP contribution in [0.25, 0.3) is 0 Å². The highest BCUT2D eigenvalue weighted by Crippen LogP contribution is 2.40. The first kappa shape index (κ1) is 13.6. The van der Waals surface area contributed by atoms with Crippen molar-refractivity contribution in [3.8, 4) is 11.5 Å². The number of hydrogen-bond donors (Lipinski definition) is 4. The van der Waals surface area contributed by atoms with Gasteiger partial charge in [0.15, 0.2) is 5.75 Å². The standard InChI is InChI=1S/C12H16N2O5/c13-10(11(16)6-2-1-3-6)7-4-8(14(18)19)12(17)9(15)5-7/h4-6,10-11,15-17H,1-3,13H2/t10-,11+/m0/s1. The minimum Gasteiger partial charge on any atom is -0.504 e. The summed E-state index contributed by atoms with van der Waals surface area (Å²) in [5, 5.41) is 39.7. The summed E-state index contributed by atoms with van der Waals surface area (Å²) in [4.78, 5) is 9.95. The number of nitrogens with zero attached hydrogens (tertiary/aromatic N) is 1. The predicted octanol–water partition coefficient (Wildman–Crippen LogP) is 1.17. The van der Waals surface area contributed by atoms with E-state index in [0.29, 0.717) is 0 Å². The fourth-order valence-electron chi connectivity index (χ4n) is 2.23. The zero-order valence-corrected chi connectivity index (χ0v) is 10.2. The lowest BCUT2D eigenvalue weighted by molar-refractivity contribution is -0.386. The summed E-state index contributed by atoms with van der Waals surface area (Å²) in [6.07, 6.45) is 1.98. The molecule has 2 rings (SSSR count). The Balaban J connectivity index is 2.31. The Bertz CT molecular complexity index is 501. The van der Waals surface area contributed by atoms with Crippen LogP contribution in [0.15, 0.2) is 12.1 Å². The van der Waals surface area contributed by atoms with Crippen molar-refractivity contribution in [3.05, 3.63) is 27.8 Å². The monoisotopic (exact) mass is 268 g/mol. The van der Waals surface area contributed by atoms with Gasteiger partial charge in [0.25, 0.3) is 0 Å². The Kier molecular flexibility index (Phi) is 3.59. The Morgan fingerprint density at radius 1 is 1.37 bits per heavy atom. The molecule has 0 radical (unpaired) electrons. The minimum absolute atomic E-state index is 0.0880. The lowest BCUT2D eigenvalue weighted by Gasteiger charge is -2.33. The first-order valence-electron chi connectivity index (χ1n) is 6.05. The Morgan fingerprint density at radius 2 is 2.00 bits per heavy atom. The van der Waals surface area contributed by atoms with Crippen LogP contribution in [-0.4, -0.2) is 26.3 Å². The van der Waals surface area contributed by atoms with Gasteiger partial charge >= 0.3 is 5.69 Å². The van der Waals surface area contributed by atoms with E-state index < -0.39 is 34.3 Å². The number of hydrogen-bond acceptors (Lipinski definition) is 6. The van der Waals surface area contributed by atoms with Crippen molar-refractivity contribution in [2.24, 2.45) is 11.7 Å². The Morgan fingerprint density at radius 3 is 2.47 bits per heavy atom. The summed E-state index contributed by atoms with van der Waals surface area (Å²) in [5.74, 6) is -1.32. The van der Waals surface area contributed by atoms with Crippen LogP contribution in [0.1, 0.15) is 30.9 Å². The molecular formula is C12H16N2O5. The zero-order valence-electron chi connectivity index (χ0n) is 10.2. The second-order valence-corrected chi connectivity index (χ2v) is 4.87. The minimum atomic E-state index is -0.824. The van der Waals surface area contributed by atoms with E-state index in [2.05, 4.69) is 0 Å². The molecule has 1 aromatic carbocycles. The molecule has 0 heterocycles. The number of aliphatic hydroxyl groups excluding tert-OH is 1. The van der Waals surface area contributed by atoms with Crippen LogP contribution in [-0.2, 0) is 0 Å². The number of nitro groups is 1. The molecule has 0 spiro atoms. The fourth-order valence-corrected chi connectivity index (χ4v) is 2.23. The molecule has 1 aliphatic carbocycles. The van der Waals surface area contributed by atoms with Gasteiger partial charge in [-0.15, -0.1) is 0 Å². The van der Waals surface area contributed by atoms with Crippen molar-refractivity contribution in [1.29, 1.82) is 0 Å². The largest absolute Gasteiger partial charge is 0.504 e. The highest BCUT2D eigenvalue weighted by Gasteiger charge is 2.32. The number of phenolic OH excluding ortho intramolecular Hbond substituents is 2. The zero-order chi connectivity index (χ0) is 14.2. The molecule has 7 nitrogen and oxygen atoms in total. The van der Waals surface area contributed by atoms with E-state index in [1.807, 2.05) is 0 Å². The predicted molar refractivity (Wildman–Crippen MR) is 66.7 cm³/mol. The maximum Gasteiger partial charge on any atom is 0.314 e. The van der Waals surface area contributed by atoms with Gasteiger partial charge in [0, 0.05) is 6.07 Å². The lowest BCUT2D eigenvalue weighted by Crippen LogP contribution is -2.36. The van der Waals surface area contributed by atoms with Crippen molar-refractivity contribution < 1.29 is 20.2 Å². The maximum atomic E-state index is 10.8. The number of benzene rings is 1. The van der Waals surface area contributed by atoms with Gasteiger partial charge in [0.2, 0.25) is 5.75 Å². The highest BCUT2D eigenvalue weighted by molar-refractivity contribution is 5.57. The molecule has 0 amide bonds. The molecule has 104 valence electrons. The summed E-state index contributed by atoms with van der Waals surface area (Å²) in [7, 11) is 0. The smallest absolute Gasteiger partial charge is 0.314 e. The van der Waals surface area contributed by atoms with E-state index in [1.54, 1.807) is 0 Å². The SMILES string of the molecule is N[C@@H](c1cc(O)c(O)c([N+](=O)[O-])c1)[C@H](O)C1CCC1. The molecule has 1 fully saturated rings. The number of aliphatic hydroxyl groups is 1. The van der Waals surface area contributed by atoms with E-state index in [-0.39, 0.29) is 11.5 Å². The molecule has 0 aromatic heterocycles. The molecule has 5 N–H and O–H groups in total. The molecule has 0 unspecified atom stereocenters. The van der Waals surface area contributed by atoms with Crippen molar-refractivity contribution >= 4 is 5.69 Å². The van der Waals surface area contributed by atoms with E-state index in [4.69, 9.17) is 5.73 Å². The summed E-state index contributed by atoms with van der Waals surface area (Å²) >= 11 is 0. The van der Waals surface area contributed by atoms with Crippen LogP contribution in [0.2, 0.25) is 0 Å². The van der Waals surface area contributed by atoms with Crippen LogP contribution in [0, 0.1) is 16.0 Å². The van der Waals surface area contributed by atoms with E-state index in [1.165, 1.54) is 0 Å². The molecular weight excluding hydrogens is 252 g/mol. The third-order valence-corrected chi connectivity index (χ3v) is 3.67. The topological polar surface area (TPSA) is 130 Å². The van der Waals surface area contributed by atoms with Crippen LogP contribution < -0.4 is 5.73 Å². The second kappa shape index (κ2) is 5.02. The van der Waals surface area contributed by atoms with Gasteiger partial charge in [0.1, 0.15) is 0 Å². The molecule has 0 bridgehead atoms. The van der Waals surface area contributed by atoms with Gasteiger partial charge in [-0.05, 0) is 30.4 Å². The summed E-state index contributed by atoms with van der Waals surface area (Å²) in [6, 6.07) is 1.41. The molecule has 1 saturated carbocycles. The summed E-state index contributed by atoms with van der Waals surface area (Å²) in [6.45, 7) is 0. The van der Waals surface area contributed by atoms with Crippen LogP contribution >= 0.6 is 0 Å². The van der Waals surface area contributed by atoms with E-state index in [0.717, 1.165) is 31.4 Å². The van der Waals surface area contributed by atoms with Crippen LogP contribution in [0.4, 0.5) is 5.69 Å². The van der Waals surface area contributed by atoms with Crippen molar-refractivity contribution in [3.63, 3.8) is 0 Å². The first-order valence-corrected chi connectivity index (χ1v) is 6.05. The Hall–Kier alpha value is -1.86. The van der Waals surface area contributed by atoms with Gasteiger partial charge in [-0.25, -0.2) is 0 Å². The number of rotatable bonds is 4. The van der Waals surface area contributed by atoms with Crippen LogP contribution in [0.3, 0.4) is 0 Å². The third kappa shape index (κ3) is 2.47. The molecule has 0 saturated heterocycles. The third-order valence-electron chi connectivity index (χ3n) is 3.67. The summed E-state index contributed by atoms with van der Waals surface area (Å²) < 4.78 is 0. The molecule has 1 aliphatic rings. The fraction of sp³-hybridized carbons (Fsp3) is 0.500. The van der Waals surface area contributed by atoms with Crippen molar-refractivity contribution in [2.75, 3.05) is 0 Å². The summed E-state index contributed by atoms with van der Waals surface area (Å²) in [5.41, 5.74) is 5.49. The van der Waals surface area contributed by atoms with E-state index in [9.17, 15) is 25.4 Å². The Labute approximate surface area is 109 Å². The number of aromatic hydroxyl groups is 2. The molecule has 1 aromatic rings. The highest BCUT2D eigenvalue weighted by atomic mass is 16.6. The van der Waals surface area contributed by atoms with Gasteiger partial charge in [0.05, 0.1) is 17.1 Å². The average Bonchev–Trinajstić information content (AvgIpc) is 2.28. The van der Waals surface area contributed by atoms with Gasteiger partial charge in [-0.3, -0.25) is 10.1 Å². The normalized spacial score (nSPS) is 18.6. The molecule has 2 atom stereocenters. The van der Waals surface area contributed by atoms with Gasteiger partial charge in [-0.1, -0.05) is 6.42 Å². The van der Waals surface area contributed by atoms with Gasteiger partial charge < -0.3 is 21.1 Å². The van der Waals surface area contributed by atoms with Crippen molar-refractivity contribution in [1.82, 2.24) is 0 Å². The van der Waals surface area contributed by atoms with Crippen molar-refractivity contribution in [2.45, 2.75) is 31.4 Å². The molecule has 0 aliphatic heterocycles.